The maximum atomic E-state index is 10.2. The predicted octanol–water partition coefficient (Wildman–Crippen LogP) is 3.94. The molecule has 0 spiro atoms. The van der Waals surface area contributed by atoms with Crippen LogP contribution < -0.4 is 0 Å². The molecule has 0 saturated carbocycles. The minimum Gasteiger partial charge on any atom is -0.388 e. The van der Waals surface area contributed by atoms with Crippen molar-refractivity contribution in [3.63, 3.8) is 0 Å². The fourth-order valence-electron chi connectivity index (χ4n) is 1.99. The first-order chi connectivity index (χ1) is 8.74. The monoisotopic (exact) mass is 275 g/mol. The Bertz CT molecular complexity index is 638. The molecule has 1 unspecified atom stereocenters. The van der Waals surface area contributed by atoms with E-state index >= 15 is 0 Å². The number of aromatic nitrogens is 1. The first kappa shape index (κ1) is 11.8. The van der Waals surface area contributed by atoms with Crippen molar-refractivity contribution < 1.29 is 5.11 Å². The third-order valence-electron chi connectivity index (χ3n) is 2.96. The van der Waals surface area contributed by atoms with Gasteiger partial charge in [0.1, 0.15) is 0 Å². The summed E-state index contributed by atoms with van der Waals surface area (Å²) in [5.74, 6) is 0. The van der Waals surface area contributed by atoms with Crippen LogP contribution in [-0.4, -0.2) is 10.1 Å². The summed E-state index contributed by atoms with van der Waals surface area (Å²) in [6, 6.07) is 8.09. The lowest BCUT2D eigenvalue weighted by Gasteiger charge is -2.07. The highest BCUT2D eigenvalue weighted by atomic mass is 32.1. The third kappa shape index (κ3) is 2.19. The van der Waals surface area contributed by atoms with Gasteiger partial charge in [-0.15, -0.1) is 11.3 Å². The average molecular weight is 275 g/mol. The van der Waals surface area contributed by atoms with Gasteiger partial charge in [-0.25, -0.2) is 4.98 Å². The second-order valence-corrected chi connectivity index (χ2v) is 6.16. The van der Waals surface area contributed by atoms with Crippen molar-refractivity contribution in [1.82, 2.24) is 4.98 Å². The normalized spacial score (nSPS) is 13.0. The van der Waals surface area contributed by atoms with E-state index in [-0.39, 0.29) is 0 Å². The zero-order valence-electron chi connectivity index (χ0n) is 9.96. The van der Waals surface area contributed by atoms with Gasteiger partial charge in [0.25, 0.3) is 0 Å². The molecule has 1 N–H and O–H groups in total. The number of fused-ring (bicyclic) bond motifs is 1. The lowest BCUT2D eigenvalue weighted by Crippen LogP contribution is -2.01. The molecule has 1 atom stereocenters. The van der Waals surface area contributed by atoms with E-state index in [0.29, 0.717) is 6.42 Å². The molecule has 0 aliphatic heterocycles. The second kappa shape index (κ2) is 4.80. The van der Waals surface area contributed by atoms with E-state index in [9.17, 15) is 5.11 Å². The quantitative estimate of drug-likeness (QED) is 0.785. The molecule has 0 saturated heterocycles. The minimum atomic E-state index is -0.447. The van der Waals surface area contributed by atoms with E-state index in [0.717, 1.165) is 21.7 Å². The summed E-state index contributed by atoms with van der Waals surface area (Å²) in [5, 5.41) is 15.3. The van der Waals surface area contributed by atoms with E-state index in [1.165, 1.54) is 4.70 Å². The number of nitrogens with zero attached hydrogens (tertiary/aromatic N) is 1. The zero-order valence-corrected chi connectivity index (χ0v) is 11.6. The molecule has 0 amide bonds. The molecule has 0 bridgehead atoms. The van der Waals surface area contributed by atoms with E-state index in [1.807, 2.05) is 30.5 Å². The Labute approximate surface area is 114 Å². The highest BCUT2D eigenvalue weighted by Gasteiger charge is 2.14. The number of benzene rings is 1. The standard InChI is InChI=1S/C14H13NOS2/c1-9-7-17-8-10(9)12(16)6-14-15-11-4-2-3-5-13(11)18-14/h2-5,7-8,12,16H,6H2,1H3. The molecule has 0 aliphatic rings. The third-order valence-corrected chi connectivity index (χ3v) is 4.90. The number of aryl methyl sites for hydroxylation is 1. The Balaban J connectivity index is 1.86. The van der Waals surface area contributed by atoms with Crippen molar-refractivity contribution in [1.29, 1.82) is 0 Å². The summed E-state index contributed by atoms with van der Waals surface area (Å²) in [7, 11) is 0. The number of para-hydroxylation sites is 1. The predicted molar refractivity (Wildman–Crippen MR) is 77.3 cm³/mol. The number of aliphatic hydroxyl groups excluding tert-OH is 1. The summed E-state index contributed by atoms with van der Waals surface area (Å²) in [4.78, 5) is 4.55. The molecule has 4 heteroatoms. The van der Waals surface area contributed by atoms with Crippen molar-refractivity contribution in [2.75, 3.05) is 0 Å². The first-order valence-corrected chi connectivity index (χ1v) is 7.55. The number of hydrogen-bond donors (Lipinski definition) is 1. The van der Waals surface area contributed by atoms with Crippen LogP contribution in [0.2, 0.25) is 0 Å². The Morgan fingerprint density at radius 3 is 2.83 bits per heavy atom. The molecule has 2 aromatic heterocycles. The van der Waals surface area contributed by atoms with Crippen molar-refractivity contribution in [2.24, 2.45) is 0 Å². The number of aliphatic hydroxyl groups is 1. The smallest absolute Gasteiger partial charge is 0.0967 e. The van der Waals surface area contributed by atoms with Gasteiger partial charge >= 0.3 is 0 Å². The first-order valence-electron chi connectivity index (χ1n) is 5.79. The SMILES string of the molecule is Cc1cscc1C(O)Cc1nc2ccccc2s1. The zero-order chi connectivity index (χ0) is 12.5. The summed E-state index contributed by atoms with van der Waals surface area (Å²) in [6.45, 7) is 2.04. The van der Waals surface area contributed by atoms with Gasteiger partial charge in [-0.1, -0.05) is 12.1 Å². The Morgan fingerprint density at radius 1 is 1.28 bits per heavy atom. The van der Waals surface area contributed by atoms with Crippen LogP contribution in [0.5, 0.6) is 0 Å². The molecule has 18 heavy (non-hydrogen) atoms. The van der Waals surface area contributed by atoms with Gasteiger partial charge in [-0.3, -0.25) is 0 Å². The van der Waals surface area contributed by atoms with Gasteiger partial charge < -0.3 is 5.11 Å². The van der Waals surface area contributed by atoms with Gasteiger partial charge in [0.15, 0.2) is 0 Å². The van der Waals surface area contributed by atoms with Crippen LogP contribution in [0.4, 0.5) is 0 Å². The maximum Gasteiger partial charge on any atom is 0.0967 e. The summed E-state index contributed by atoms with van der Waals surface area (Å²) in [5.41, 5.74) is 3.21. The molecule has 2 nitrogen and oxygen atoms in total. The van der Waals surface area contributed by atoms with Crippen LogP contribution in [0.3, 0.4) is 0 Å². The van der Waals surface area contributed by atoms with E-state index in [2.05, 4.69) is 16.4 Å². The largest absolute Gasteiger partial charge is 0.388 e. The van der Waals surface area contributed by atoms with Gasteiger partial charge in [0.2, 0.25) is 0 Å². The van der Waals surface area contributed by atoms with Crippen LogP contribution in [0.1, 0.15) is 22.2 Å². The van der Waals surface area contributed by atoms with Crippen LogP contribution in [0.25, 0.3) is 10.2 Å². The van der Waals surface area contributed by atoms with E-state index in [1.54, 1.807) is 22.7 Å². The summed E-state index contributed by atoms with van der Waals surface area (Å²) < 4.78 is 1.18. The molecule has 0 aliphatic carbocycles. The Hall–Kier alpha value is -1.23. The van der Waals surface area contributed by atoms with Gasteiger partial charge in [-0.05, 0) is 40.9 Å². The number of hydrogen-bond acceptors (Lipinski definition) is 4. The molecule has 0 fully saturated rings. The summed E-state index contributed by atoms with van der Waals surface area (Å²) >= 11 is 3.29. The van der Waals surface area contributed by atoms with Gasteiger partial charge in [0, 0.05) is 6.42 Å². The Morgan fingerprint density at radius 2 is 2.11 bits per heavy atom. The van der Waals surface area contributed by atoms with Crippen molar-refractivity contribution in [2.45, 2.75) is 19.4 Å². The fourth-order valence-corrected chi connectivity index (χ4v) is 3.90. The molecule has 1 aromatic carbocycles. The minimum absolute atomic E-state index is 0.447. The lowest BCUT2D eigenvalue weighted by molar-refractivity contribution is 0.178. The molecule has 3 aromatic rings. The van der Waals surface area contributed by atoms with Crippen molar-refractivity contribution in [3.05, 3.63) is 51.2 Å². The maximum absolute atomic E-state index is 10.2. The molecular formula is C14H13NOS2. The van der Waals surface area contributed by atoms with Crippen molar-refractivity contribution >= 4 is 32.9 Å². The molecule has 92 valence electrons. The highest BCUT2D eigenvalue weighted by molar-refractivity contribution is 7.18. The molecule has 0 radical (unpaired) electrons. The number of thiazole rings is 1. The van der Waals surface area contributed by atoms with Crippen LogP contribution >= 0.6 is 22.7 Å². The number of thiophene rings is 1. The second-order valence-electron chi connectivity index (χ2n) is 4.31. The van der Waals surface area contributed by atoms with Crippen LogP contribution in [0.15, 0.2) is 35.0 Å². The fraction of sp³-hybridized carbons (Fsp3) is 0.214. The van der Waals surface area contributed by atoms with Gasteiger partial charge in [-0.2, -0.15) is 11.3 Å². The molecular weight excluding hydrogens is 262 g/mol. The van der Waals surface area contributed by atoms with E-state index in [4.69, 9.17) is 0 Å². The van der Waals surface area contributed by atoms with E-state index < -0.39 is 6.10 Å². The van der Waals surface area contributed by atoms with Crippen LogP contribution in [-0.2, 0) is 6.42 Å². The Kier molecular flexibility index (Phi) is 3.16. The van der Waals surface area contributed by atoms with Crippen LogP contribution in [0, 0.1) is 6.92 Å². The number of rotatable bonds is 3. The topological polar surface area (TPSA) is 33.1 Å². The van der Waals surface area contributed by atoms with Gasteiger partial charge in [0.05, 0.1) is 21.3 Å². The molecule has 3 rings (SSSR count). The van der Waals surface area contributed by atoms with Crippen molar-refractivity contribution in [3.8, 4) is 0 Å². The lowest BCUT2D eigenvalue weighted by atomic mass is 10.1. The summed E-state index contributed by atoms with van der Waals surface area (Å²) in [6.07, 6.45) is 0.147. The average Bonchev–Trinajstić information content (AvgIpc) is 2.94. The molecule has 2 heterocycles. The highest BCUT2D eigenvalue weighted by Crippen LogP contribution is 2.28.